The fourth-order valence-corrected chi connectivity index (χ4v) is 3.17. The van der Waals surface area contributed by atoms with Crippen LogP contribution in [-0.4, -0.2) is 30.0 Å². The first-order chi connectivity index (χ1) is 13.0. The highest BCUT2D eigenvalue weighted by Crippen LogP contribution is 2.28. The first kappa shape index (κ1) is 21.9. The molecule has 1 unspecified atom stereocenters. The average Bonchev–Trinajstić information content (AvgIpc) is 3.01. The van der Waals surface area contributed by atoms with Gasteiger partial charge in [-0.3, -0.25) is 4.79 Å². The molecule has 7 heteroatoms. The van der Waals surface area contributed by atoms with Crippen LogP contribution in [0.15, 0.2) is 42.5 Å². The molecule has 0 radical (unpaired) electrons. The number of nitrogens with one attached hydrogen (secondary N) is 2. The molecule has 0 saturated heterocycles. The topological polar surface area (TPSA) is 96.9 Å². The number of H-pyrrole nitrogens is 1. The summed E-state index contributed by atoms with van der Waals surface area (Å²) in [6, 6.07) is 12.2. The highest BCUT2D eigenvalue weighted by atomic mass is 35.5. The van der Waals surface area contributed by atoms with Crippen molar-refractivity contribution in [3.8, 4) is 11.1 Å². The van der Waals surface area contributed by atoms with Crippen LogP contribution < -0.4 is 16.8 Å². The second-order valence-corrected chi connectivity index (χ2v) is 6.79. The molecule has 0 aliphatic heterocycles. The van der Waals surface area contributed by atoms with Crippen molar-refractivity contribution in [2.45, 2.75) is 25.8 Å². The summed E-state index contributed by atoms with van der Waals surface area (Å²) in [6.07, 6.45) is 1.62. The van der Waals surface area contributed by atoms with Crippen LogP contribution in [0.4, 0.5) is 4.39 Å². The highest BCUT2D eigenvalue weighted by molar-refractivity contribution is 6.01. The summed E-state index contributed by atoms with van der Waals surface area (Å²) in [5.74, 6) is -0.434. The van der Waals surface area contributed by atoms with E-state index in [1.807, 2.05) is 25.1 Å². The van der Waals surface area contributed by atoms with Gasteiger partial charge in [-0.2, -0.15) is 0 Å². The van der Waals surface area contributed by atoms with Gasteiger partial charge in [0.2, 0.25) is 0 Å². The Hall–Kier alpha value is -2.41. The minimum atomic E-state index is -0.263. The Kier molecular flexibility index (Phi) is 7.57. The van der Waals surface area contributed by atoms with E-state index in [-0.39, 0.29) is 30.2 Å². The number of nitrogens with two attached hydrogens (primary N) is 2. The van der Waals surface area contributed by atoms with Gasteiger partial charge in [0.05, 0.1) is 0 Å². The van der Waals surface area contributed by atoms with Crippen molar-refractivity contribution in [2.75, 3.05) is 13.1 Å². The van der Waals surface area contributed by atoms with Gasteiger partial charge in [0.15, 0.2) is 0 Å². The van der Waals surface area contributed by atoms with Gasteiger partial charge in [-0.15, -0.1) is 12.4 Å². The second kappa shape index (κ2) is 9.68. The predicted octanol–water partition coefficient (Wildman–Crippen LogP) is 3.50. The van der Waals surface area contributed by atoms with E-state index in [1.54, 1.807) is 12.1 Å². The molecule has 3 rings (SSSR count). The van der Waals surface area contributed by atoms with E-state index in [9.17, 15) is 9.18 Å². The molecule has 1 aromatic heterocycles. The lowest BCUT2D eigenvalue weighted by Crippen LogP contribution is -2.37. The van der Waals surface area contributed by atoms with E-state index in [2.05, 4.69) is 10.3 Å². The Labute approximate surface area is 170 Å². The zero-order valence-corrected chi connectivity index (χ0v) is 16.6. The predicted molar refractivity (Wildman–Crippen MR) is 114 cm³/mol. The number of carbonyl (C=O) groups is 1. The maximum Gasteiger partial charge on any atom is 0.268 e. The van der Waals surface area contributed by atoms with Crippen LogP contribution in [0.5, 0.6) is 0 Å². The molecule has 2 aromatic carbocycles. The minimum Gasteiger partial charge on any atom is -0.350 e. The lowest BCUT2D eigenvalue weighted by molar-refractivity contribution is 0.0946. The summed E-state index contributed by atoms with van der Waals surface area (Å²) in [7, 11) is 0. The van der Waals surface area contributed by atoms with Crippen molar-refractivity contribution >= 4 is 29.2 Å². The van der Waals surface area contributed by atoms with E-state index in [1.165, 1.54) is 12.1 Å². The van der Waals surface area contributed by atoms with Crippen LogP contribution in [0.3, 0.4) is 0 Å². The fraction of sp³-hybridized carbons (Fsp3) is 0.286. The van der Waals surface area contributed by atoms with Gasteiger partial charge in [0.25, 0.3) is 5.91 Å². The van der Waals surface area contributed by atoms with Crippen LogP contribution in [0, 0.1) is 12.7 Å². The Morgan fingerprint density at radius 2 is 1.86 bits per heavy atom. The van der Waals surface area contributed by atoms with Crippen molar-refractivity contribution < 1.29 is 9.18 Å². The number of hydrogen-bond donors (Lipinski definition) is 4. The smallest absolute Gasteiger partial charge is 0.268 e. The Morgan fingerprint density at radius 3 is 2.54 bits per heavy atom. The zero-order valence-electron chi connectivity index (χ0n) is 15.8. The largest absolute Gasteiger partial charge is 0.350 e. The number of aromatic amines is 1. The molecule has 28 heavy (non-hydrogen) atoms. The van der Waals surface area contributed by atoms with Gasteiger partial charge in [-0.25, -0.2) is 4.39 Å². The summed E-state index contributed by atoms with van der Waals surface area (Å²) in [4.78, 5) is 15.7. The Balaban J connectivity index is 0.00000280. The van der Waals surface area contributed by atoms with Crippen LogP contribution in [0.2, 0.25) is 0 Å². The third kappa shape index (κ3) is 4.90. The molecule has 0 aliphatic rings. The molecule has 0 aliphatic carbocycles. The molecular weight excluding hydrogens is 379 g/mol. The van der Waals surface area contributed by atoms with Gasteiger partial charge >= 0.3 is 0 Å². The molecule has 1 atom stereocenters. The summed E-state index contributed by atoms with van der Waals surface area (Å²) < 4.78 is 13.1. The number of rotatable bonds is 7. The summed E-state index contributed by atoms with van der Waals surface area (Å²) >= 11 is 0. The maximum atomic E-state index is 13.1. The third-order valence-corrected chi connectivity index (χ3v) is 4.77. The molecule has 1 heterocycles. The van der Waals surface area contributed by atoms with Gasteiger partial charge in [0, 0.05) is 23.5 Å². The Morgan fingerprint density at radius 1 is 1.18 bits per heavy atom. The minimum absolute atomic E-state index is 0. The van der Waals surface area contributed by atoms with Crippen LogP contribution >= 0.6 is 12.4 Å². The summed E-state index contributed by atoms with van der Waals surface area (Å²) in [6.45, 7) is 2.92. The van der Waals surface area contributed by atoms with Crippen molar-refractivity contribution in [2.24, 2.45) is 11.5 Å². The number of fused-ring (bicyclic) bond motifs is 1. The highest BCUT2D eigenvalue weighted by Gasteiger charge is 2.16. The van der Waals surface area contributed by atoms with E-state index in [0.29, 0.717) is 18.8 Å². The SMILES string of the molecule is Cc1c(C(=O)NCC(N)CCCN)[nH]c2ccc(-c3ccc(F)cc3)cc12.Cl. The van der Waals surface area contributed by atoms with E-state index < -0.39 is 0 Å². The fourth-order valence-electron chi connectivity index (χ4n) is 3.17. The van der Waals surface area contributed by atoms with Crippen molar-refractivity contribution in [3.63, 3.8) is 0 Å². The van der Waals surface area contributed by atoms with Gasteiger partial charge < -0.3 is 21.8 Å². The quantitative estimate of drug-likeness (QED) is 0.485. The molecule has 3 aromatic rings. The number of aryl methyl sites for hydroxylation is 1. The number of carbonyl (C=O) groups excluding carboxylic acids is 1. The van der Waals surface area contributed by atoms with E-state index >= 15 is 0 Å². The first-order valence-electron chi connectivity index (χ1n) is 9.11. The monoisotopic (exact) mass is 404 g/mol. The van der Waals surface area contributed by atoms with Gasteiger partial charge in [-0.1, -0.05) is 18.2 Å². The molecule has 0 bridgehead atoms. The number of hydrogen-bond acceptors (Lipinski definition) is 3. The molecule has 0 fully saturated rings. The van der Waals surface area contributed by atoms with E-state index in [0.717, 1.165) is 40.4 Å². The first-order valence-corrected chi connectivity index (χ1v) is 9.11. The molecule has 6 N–H and O–H groups in total. The van der Waals surface area contributed by atoms with Gasteiger partial charge in [0.1, 0.15) is 11.5 Å². The molecule has 150 valence electrons. The lowest BCUT2D eigenvalue weighted by atomic mass is 10.0. The summed E-state index contributed by atoms with van der Waals surface area (Å²) in [5.41, 5.74) is 15.7. The number of benzene rings is 2. The number of aromatic nitrogens is 1. The molecule has 1 amide bonds. The van der Waals surface area contributed by atoms with Crippen LogP contribution in [0.1, 0.15) is 28.9 Å². The van der Waals surface area contributed by atoms with Gasteiger partial charge in [-0.05, 0) is 67.3 Å². The molecule has 0 saturated carbocycles. The lowest BCUT2D eigenvalue weighted by Gasteiger charge is -2.12. The average molecular weight is 405 g/mol. The normalized spacial score (nSPS) is 11.9. The van der Waals surface area contributed by atoms with Crippen molar-refractivity contribution in [3.05, 3.63) is 59.5 Å². The Bertz CT molecular complexity index is 939. The molecular formula is C21H26ClFN4O. The van der Waals surface area contributed by atoms with Crippen LogP contribution in [0.25, 0.3) is 22.0 Å². The number of halogens is 2. The number of amides is 1. The van der Waals surface area contributed by atoms with Crippen LogP contribution in [-0.2, 0) is 0 Å². The standard InChI is InChI=1S/C21H25FN4O.ClH/c1-13-18-11-15(14-4-7-16(22)8-5-14)6-9-19(18)26-20(13)21(27)25-12-17(24)3-2-10-23;/h4-9,11,17,26H,2-3,10,12,23-24H2,1H3,(H,25,27);1H. The zero-order chi connectivity index (χ0) is 19.4. The second-order valence-electron chi connectivity index (χ2n) is 6.79. The van der Waals surface area contributed by atoms with Crippen molar-refractivity contribution in [1.29, 1.82) is 0 Å². The third-order valence-electron chi connectivity index (χ3n) is 4.77. The maximum absolute atomic E-state index is 13.1. The van der Waals surface area contributed by atoms with Crippen molar-refractivity contribution in [1.82, 2.24) is 10.3 Å². The van der Waals surface area contributed by atoms with E-state index in [4.69, 9.17) is 11.5 Å². The summed E-state index contributed by atoms with van der Waals surface area (Å²) in [5, 5.41) is 3.85. The molecule has 0 spiro atoms. The molecule has 5 nitrogen and oxygen atoms in total.